The summed E-state index contributed by atoms with van der Waals surface area (Å²) in [5, 5.41) is 0. The van der Waals surface area contributed by atoms with Crippen LogP contribution in [0.5, 0.6) is 0 Å². The van der Waals surface area contributed by atoms with Crippen molar-refractivity contribution in [1.82, 2.24) is 0 Å². The molecule has 1 aliphatic rings. The minimum Gasteiger partial charge on any atom is -0.344 e. The lowest BCUT2D eigenvalue weighted by molar-refractivity contribution is 0.0386. The molecule has 64 valence electrons. The molecule has 1 fully saturated rings. The lowest BCUT2D eigenvalue weighted by atomic mass is 10.2. The molecule has 1 saturated heterocycles. The second-order valence-corrected chi connectivity index (χ2v) is 3.08. The van der Waals surface area contributed by atoms with Crippen LogP contribution in [0.15, 0.2) is 30.3 Å². The molecule has 0 aromatic heterocycles. The minimum atomic E-state index is -0.242. The van der Waals surface area contributed by atoms with Gasteiger partial charge in [0.15, 0.2) is 11.9 Å². The molecule has 0 saturated carbocycles. The van der Waals surface area contributed by atoms with Gasteiger partial charge in [0.05, 0.1) is 6.61 Å². The molecule has 1 aliphatic heterocycles. The van der Waals surface area contributed by atoms with Gasteiger partial charge in [-0.05, 0) is 5.56 Å². The summed E-state index contributed by atoms with van der Waals surface area (Å²) in [5.74, 6) is 0. The maximum absolute atomic E-state index is 5.57. The van der Waals surface area contributed by atoms with Crippen molar-refractivity contribution in [3.05, 3.63) is 35.9 Å². The first kappa shape index (κ1) is 8.05. The van der Waals surface area contributed by atoms with Gasteiger partial charge < -0.3 is 9.47 Å². The molecule has 2 atom stereocenters. The standard InChI is InChI=1S/C9H9ClO2/c10-8-9(12-8)11-6-7-4-2-1-3-5-7/h1-5,8-9H,6H2. The quantitative estimate of drug-likeness (QED) is 0.530. The maximum Gasteiger partial charge on any atom is 0.200 e. The zero-order valence-electron chi connectivity index (χ0n) is 6.44. The topological polar surface area (TPSA) is 21.8 Å². The molecule has 3 heteroatoms. The smallest absolute Gasteiger partial charge is 0.200 e. The lowest BCUT2D eigenvalue weighted by Gasteiger charge is -1.98. The highest BCUT2D eigenvalue weighted by atomic mass is 35.5. The number of hydrogen-bond donors (Lipinski definition) is 0. The van der Waals surface area contributed by atoms with Crippen LogP contribution in [0.2, 0.25) is 0 Å². The molecule has 1 aromatic carbocycles. The fourth-order valence-electron chi connectivity index (χ4n) is 0.950. The fourth-order valence-corrected chi connectivity index (χ4v) is 1.12. The van der Waals surface area contributed by atoms with E-state index in [9.17, 15) is 0 Å². The first-order valence-electron chi connectivity index (χ1n) is 3.81. The van der Waals surface area contributed by atoms with Crippen molar-refractivity contribution in [2.75, 3.05) is 0 Å². The van der Waals surface area contributed by atoms with Crippen LogP contribution >= 0.6 is 11.6 Å². The number of ether oxygens (including phenoxy) is 2. The third-order valence-electron chi connectivity index (χ3n) is 1.66. The molecule has 2 unspecified atom stereocenters. The first-order chi connectivity index (χ1) is 5.86. The average molecular weight is 185 g/mol. The van der Waals surface area contributed by atoms with Gasteiger partial charge in [-0.3, -0.25) is 0 Å². The van der Waals surface area contributed by atoms with E-state index in [-0.39, 0.29) is 11.9 Å². The van der Waals surface area contributed by atoms with Gasteiger partial charge in [-0.15, -0.1) is 0 Å². The molecule has 12 heavy (non-hydrogen) atoms. The van der Waals surface area contributed by atoms with Gasteiger partial charge in [0.2, 0.25) is 0 Å². The number of epoxide rings is 1. The van der Waals surface area contributed by atoms with E-state index in [1.165, 1.54) is 0 Å². The van der Waals surface area contributed by atoms with Crippen molar-refractivity contribution >= 4 is 11.6 Å². The number of benzene rings is 1. The Morgan fingerprint density at radius 1 is 1.33 bits per heavy atom. The zero-order valence-corrected chi connectivity index (χ0v) is 7.20. The number of alkyl halides is 1. The van der Waals surface area contributed by atoms with Crippen LogP contribution in [-0.4, -0.2) is 11.9 Å². The van der Waals surface area contributed by atoms with Gasteiger partial charge in [0.1, 0.15) is 0 Å². The fraction of sp³-hybridized carbons (Fsp3) is 0.333. The first-order valence-corrected chi connectivity index (χ1v) is 4.25. The van der Waals surface area contributed by atoms with Gasteiger partial charge in [-0.1, -0.05) is 41.9 Å². The number of rotatable bonds is 3. The SMILES string of the molecule is ClC1OC1OCc1ccccc1. The second kappa shape index (κ2) is 3.44. The number of halogens is 1. The summed E-state index contributed by atoms with van der Waals surface area (Å²) in [5.41, 5.74) is 0.894. The van der Waals surface area contributed by atoms with Crippen molar-refractivity contribution in [2.45, 2.75) is 18.5 Å². The second-order valence-electron chi connectivity index (χ2n) is 2.65. The highest BCUT2D eigenvalue weighted by Gasteiger charge is 2.37. The predicted octanol–water partition coefficient (Wildman–Crippen LogP) is 2.12. The summed E-state index contributed by atoms with van der Waals surface area (Å²) in [4.78, 5) is 0. The summed E-state index contributed by atoms with van der Waals surface area (Å²) in [6, 6.07) is 9.94. The van der Waals surface area contributed by atoms with Gasteiger partial charge in [-0.2, -0.15) is 0 Å². The van der Waals surface area contributed by atoms with E-state index in [0.717, 1.165) is 5.56 Å². The molecule has 2 nitrogen and oxygen atoms in total. The molecular weight excluding hydrogens is 176 g/mol. The monoisotopic (exact) mass is 184 g/mol. The Labute approximate surface area is 76.1 Å². The normalized spacial score (nSPS) is 27.1. The van der Waals surface area contributed by atoms with E-state index >= 15 is 0 Å². The summed E-state index contributed by atoms with van der Waals surface area (Å²) in [7, 11) is 0. The Morgan fingerprint density at radius 3 is 2.58 bits per heavy atom. The molecule has 0 N–H and O–H groups in total. The van der Waals surface area contributed by atoms with E-state index in [1.807, 2.05) is 30.3 Å². The summed E-state index contributed by atoms with van der Waals surface area (Å²) < 4.78 is 10.2. The van der Waals surface area contributed by atoms with Crippen LogP contribution in [0, 0.1) is 0 Å². The molecule has 0 bridgehead atoms. The van der Waals surface area contributed by atoms with E-state index in [4.69, 9.17) is 21.1 Å². The van der Waals surface area contributed by atoms with Gasteiger partial charge in [0, 0.05) is 0 Å². The zero-order chi connectivity index (χ0) is 8.39. The summed E-state index contributed by atoms with van der Waals surface area (Å²) >= 11 is 5.57. The summed E-state index contributed by atoms with van der Waals surface area (Å²) in [6.07, 6.45) is -0.202. The third kappa shape index (κ3) is 1.97. The van der Waals surface area contributed by atoms with Crippen molar-refractivity contribution in [1.29, 1.82) is 0 Å². The largest absolute Gasteiger partial charge is 0.344 e. The minimum absolute atomic E-state index is 0.202. The summed E-state index contributed by atoms with van der Waals surface area (Å²) in [6.45, 7) is 0.564. The Kier molecular flexibility index (Phi) is 2.30. The highest BCUT2D eigenvalue weighted by molar-refractivity contribution is 6.21. The average Bonchev–Trinajstić information content (AvgIpc) is 2.81. The Hall–Kier alpha value is -0.570. The van der Waals surface area contributed by atoms with E-state index < -0.39 is 0 Å². The maximum atomic E-state index is 5.57. The molecule has 0 radical (unpaired) electrons. The molecule has 0 spiro atoms. The third-order valence-corrected chi connectivity index (χ3v) is 1.97. The van der Waals surface area contributed by atoms with Crippen LogP contribution in [0.1, 0.15) is 5.56 Å². The Morgan fingerprint density at radius 2 is 2.00 bits per heavy atom. The van der Waals surface area contributed by atoms with Gasteiger partial charge >= 0.3 is 0 Å². The Balaban J connectivity index is 1.80. The van der Waals surface area contributed by atoms with Crippen molar-refractivity contribution in [3.8, 4) is 0 Å². The van der Waals surface area contributed by atoms with Crippen LogP contribution in [-0.2, 0) is 16.1 Å². The van der Waals surface area contributed by atoms with E-state index in [2.05, 4.69) is 0 Å². The van der Waals surface area contributed by atoms with Crippen LogP contribution in [0.3, 0.4) is 0 Å². The predicted molar refractivity (Wildman–Crippen MR) is 45.7 cm³/mol. The molecule has 2 rings (SSSR count). The van der Waals surface area contributed by atoms with Crippen LogP contribution in [0.25, 0.3) is 0 Å². The van der Waals surface area contributed by atoms with E-state index in [0.29, 0.717) is 6.61 Å². The number of hydrogen-bond acceptors (Lipinski definition) is 2. The molecular formula is C9H9ClO2. The van der Waals surface area contributed by atoms with E-state index in [1.54, 1.807) is 0 Å². The van der Waals surface area contributed by atoms with Crippen molar-refractivity contribution in [3.63, 3.8) is 0 Å². The van der Waals surface area contributed by atoms with Crippen LogP contribution < -0.4 is 0 Å². The molecule has 1 aromatic rings. The van der Waals surface area contributed by atoms with Gasteiger partial charge in [-0.25, -0.2) is 0 Å². The molecule has 0 aliphatic carbocycles. The van der Waals surface area contributed by atoms with Gasteiger partial charge in [0.25, 0.3) is 0 Å². The van der Waals surface area contributed by atoms with Crippen molar-refractivity contribution in [2.24, 2.45) is 0 Å². The van der Waals surface area contributed by atoms with Crippen molar-refractivity contribution < 1.29 is 9.47 Å². The van der Waals surface area contributed by atoms with Crippen LogP contribution in [0.4, 0.5) is 0 Å². The Bertz CT molecular complexity index is 250. The lowest BCUT2D eigenvalue weighted by Crippen LogP contribution is -1.97. The molecule has 0 amide bonds. The highest BCUT2D eigenvalue weighted by Crippen LogP contribution is 2.27. The molecule has 1 heterocycles.